The topological polar surface area (TPSA) is 60.0 Å². The Kier molecular flexibility index (Phi) is 6.11. The van der Waals surface area contributed by atoms with Crippen LogP contribution in [0, 0.1) is 0 Å². The third-order valence-corrected chi connectivity index (χ3v) is 5.34. The lowest BCUT2D eigenvalue weighted by atomic mass is 10.1. The molecule has 1 heterocycles. The van der Waals surface area contributed by atoms with Crippen LogP contribution in [0.15, 0.2) is 40.9 Å². The van der Waals surface area contributed by atoms with E-state index >= 15 is 0 Å². The first-order chi connectivity index (χ1) is 13.1. The van der Waals surface area contributed by atoms with Gasteiger partial charge in [-0.3, -0.25) is 4.79 Å². The quantitative estimate of drug-likeness (QED) is 0.753. The molecule has 144 valence electrons. The summed E-state index contributed by atoms with van der Waals surface area (Å²) in [7, 11) is 4.58. The highest BCUT2D eigenvalue weighted by molar-refractivity contribution is 9.10. The minimum Gasteiger partial charge on any atom is -0.493 e. The zero-order valence-corrected chi connectivity index (χ0v) is 17.2. The number of hydrogen-bond donors (Lipinski definition) is 1. The summed E-state index contributed by atoms with van der Waals surface area (Å²) < 4.78 is 17.1. The Balaban J connectivity index is 1.74. The number of anilines is 1. The summed E-state index contributed by atoms with van der Waals surface area (Å²) in [6, 6.07) is 11.6. The average molecular weight is 435 g/mol. The average Bonchev–Trinajstić information content (AvgIpc) is 3.14. The standard InChI is InChI=1S/C20H23BrN2O4/c1-25-17-9-8-14(18(26-2)19(17)27-3)20(24)22-13-10-11-23(12-13)16-7-5-4-6-15(16)21/h4-9,13H,10-12H2,1-3H3,(H,22,24). The molecule has 1 amide bonds. The molecule has 1 atom stereocenters. The first-order valence-electron chi connectivity index (χ1n) is 8.68. The number of ether oxygens (including phenoxy) is 3. The molecule has 1 aliphatic heterocycles. The molecule has 0 radical (unpaired) electrons. The van der Waals surface area contributed by atoms with Crippen LogP contribution in [0.3, 0.4) is 0 Å². The molecule has 0 aromatic heterocycles. The number of carbonyl (C=O) groups excluding carboxylic acids is 1. The van der Waals surface area contributed by atoms with Gasteiger partial charge in [0.2, 0.25) is 5.75 Å². The van der Waals surface area contributed by atoms with Crippen molar-refractivity contribution < 1.29 is 19.0 Å². The number of methoxy groups -OCH3 is 3. The lowest BCUT2D eigenvalue weighted by molar-refractivity contribution is 0.0936. The number of rotatable bonds is 6. The van der Waals surface area contributed by atoms with E-state index < -0.39 is 0 Å². The zero-order valence-electron chi connectivity index (χ0n) is 15.6. The molecule has 1 fully saturated rings. The number of carbonyl (C=O) groups is 1. The van der Waals surface area contributed by atoms with Crippen molar-refractivity contribution in [2.75, 3.05) is 39.3 Å². The van der Waals surface area contributed by atoms with E-state index in [1.54, 1.807) is 19.2 Å². The van der Waals surface area contributed by atoms with Crippen LogP contribution in [0.25, 0.3) is 0 Å². The second-order valence-electron chi connectivity index (χ2n) is 6.24. The van der Waals surface area contributed by atoms with E-state index in [1.165, 1.54) is 14.2 Å². The fourth-order valence-corrected chi connectivity index (χ4v) is 3.88. The van der Waals surface area contributed by atoms with E-state index in [1.807, 2.05) is 18.2 Å². The number of nitrogens with one attached hydrogen (secondary N) is 1. The second-order valence-corrected chi connectivity index (χ2v) is 7.09. The minimum absolute atomic E-state index is 0.0578. The summed E-state index contributed by atoms with van der Waals surface area (Å²) in [5.74, 6) is 1.11. The van der Waals surface area contributed by atoms with Crippen LogP contribution in [0.5, 0.6) is 17.2 Å². The van der Waals surface area contributed by atoms with Gasteiger partial charge >= 0.3 is 0 Å². The number of benzene rings is 2. The maximum atomic E-state index is 12.8. The first kappa shape index (κ1) is 19.4. The van der Waals surface area contributed by atoms with Gasteiger partial charge in [0.15, 0.2) is 11.5 Å². The number of amides is 1. The highest BCUT2D eigenvalue weighted by atomic mass is 79.9. The predicted molar refractivity (Wildman–Crippen MR) is 108 cm³/mol. The van der Waals surface area contributed by atoms with Crippen molar-refractivity contribution in [3.05, 3.63) is 46.4 Å². The van der Waals surface area contributed by atoms with Gasteiger partial charge in [0.05, 0.1) is 32.6 Å². The van der Waals surface area contributed by atoms with Crippen molar-refractivity contribution in [3.63, 3.8) is 0 Å². The fraction of sp³-hybridized carbons (Fsp3) is 0.350. The van der Waals surface area contributed by atoms with E-state index in [0.717, 1.165) is 29.7 Å². The normalized spacial score (nSPS) is 16.1. The molecule has 1 aliphatic rings. The number of halogens is 1. The van der Waals surface area contributed by atoms with Gasteiger partial charge < -0.3 is 24.4 Å². The Morgan fingerprint density at radius 3 is 2.48 bits per heavy atom. The van der Waals surface area contributed by atoms with E-state index in [4.69, 9.17) is 14.2 Å². The third kappa shape index (κ3) is 3.98. The van der Waals surface area contributed by atoms with E-state index in [2.05, 4.69) is 32.2 Å². The molecule has 27 heavy (non-hydrogen) atoms. The molecule has 0 aliphatic carbocycles. The van der Waals surface area contributed by atoms with Gasteiger partial charge in [-0.25, -0.2) is 0 Å². The van der Waals surface area contributed by atoms with E-state index in [0.29, 0.717) is 22.8 Å². The Hall–Kier alpha value is -2.41. The molecule has 6 nitrogen and oxygen atoms in total. The minimum atomic E-state index is -0.188. The van der Waals surface area contributed by atoms with Crippen molar-refractivity contribution in [1.29, 1.82) is 0 Å². The van der Waals surface area contributed by atoms with Gasteiger partial charge in [-0.15, -0.1) is 0 Å². The number of para-hydroxylation sites is 1. The summed E-state index contributed by atoms with van der Waals surface area (Å²) in [5.41, 5.74) is 1.56. The molecule has 0 saturated carbocycles. The zero-order chi connectivity index (χ0) is 19.4. The first-order valence-corrected chi connectivity index (χ1v) is 9.47. The van der Waals surface area contributed by atoms with Crippen molar-refractivity contribution in [2.45, 2.75) is 12.5 Å². The predicted octanol–water partition coefficient (Wildman–Crippen LogP) is 3.48. The molecule has 2 aromatic carbocycles. The molecule has 0 bridgehead atoms. The monoisotopic (exact) mass is 434 g/mol. The van der Waals surface area contributed by atoms with Crippen LogP contribution in [0.4, 0.5) is 5.69 Å². The Morgan fingerprint density at radius 1 is 1.07 bits per heavy atom. The highest BCUT2D eigenvalue weighted by Gasteiger charge is 2.27. The fourth-order valence-electron chi connectivity index (χ4n) is 3.35. The largest absolute Gasteiger partial charge is 0.493 e. The smallest absolute Gasteiger partial charge is 0.255 e. The Bertz CT molecular complexity index is 828. The summed E-state index contributed by atoms with van der Waals surface area (Å²) >= 11 is 3.59. The van der Waals surface area contributed by atoms with Gasteiger partial charge in [0.25, 0.3) is 5.91 Å². The van der Waals surface area contributed by atoms with E-state index in [9.17, 15) is 4.79 Å². The van der Waals surface area contributed by atoms with Gasteiger partial charge in [-0.05, 0) is 46.6 Å². The molecule has 1 N–H and O–H groups in total. The number of nitrogens with zero attached hydrogens (tertiary/aromatic N) is 1. The lowest BCUT2D eigenvalue weighted by Crippen LogP contribution is -2.37. The molecule has 1 saturated heterocycles. The molecule has 1 unspecified atom stereocenters. The molecule has 3 rings (SSSR count). The molecule has 0 spiro atoms. The summed E-state index contributed by atoms with van der Waals surface area (Å²) in [5, 5.41) is 3.11. The molecular weight excluding hydrogens is 412 g/mol. The maximum absolute atomic E-state index is 12.8. The van der Waals surface area contributed by atoms with Crippen LogP contribution in [0.1, 0.15) is 16.8 Å². The van der Waals surface area contributed by atoms with Crippen LogP contribution in [-0.2, 0) is 0 Å². The Morgan fingerprint density at radius 2 is 1.81 bits per heavy atom. The van der Waals surface area contributed by atoms with Gasteiger partial charge in [0.1, 0.15) is 0 Å². The van der Waals surface area contributed by atoms with Crippen LogP contribution in [0.2, 0.25) is 0 Å². The lowest BCUT2D eigenvalue weighted by Gasteiger charge is -2.21. The van der Waals surface area contributed by atoms with Crippen molar-refractivity contribution in [2.24, 2.45) is 0 Å². The summed E-state index contributed by atoms with van der Waals surface area (Å²) in [6.07, 6.45) is 0.878. The van der Waals surface area contributed by atoms with Gasteiger partial charge in [-0.1, -0.05) is 12.1 Å². The van der Waals surface area contributed by atoms with Crippen molar-refractivity contribution in [1.82, 2.24) is 5.32 Å². The SMILES string of the molecule is COc1ccc(C(=O)NC2CCN(c3ccccc3Br)C2)c(OC)c1OC. The van der Waals surface area contributed by atoms with Crippen molar-refractivity contribution in [3.8, 4) is 17.2 Å². The van der Waals surface area contributed by atoms with Crippen molar-refractivity contribution >= 4 is 27.5 Å². The molecule has 2 aromatic rings. The number of hydrogen-bond acceptors (Lipinski definition) is 5. The van der Waals surface area contributed by atoms with E-state index in [-0.39, 0.29) is 11.9 Å². The summed E-state index contributed by atoms with van der Waals surface area (Å²) in [6.45, 7) is 1.64. The highest BCUT2D eigenvalue weighted by Crippen LogP contribution is 2.39. The molecule has 7 heteroatoms. The van der Waals surface area contributed by atoms with Crippen LogP contribution in [-0.4, -0.2) is 46.4 Å². The molecular formula is C20H23BrN2O4. The maximum Gasteiger partial charge on any atom is 0.255 e. The van der Waals surface area contributed by atoms with Gasteiger partial charge in [-0.2, -0.15) is 0 Å². The van der Waals surface area contributed by atoms with Crippen LogP contribution >= 0.6 is 15.9 Å². The third-order valence-electron chi connectivity index (χ3n) is 4.67. The van der Waals surface area contributed by atoms with Gasteiger partial charge in [0, 0.05) is 23.6 Å². The Labute approximate surface area is 167 Å². The second kappa shape index (κ2) is 8.52. The van der Waals surface area contributed by atoms with Crippen LogP contribution < -0.4 is 24.4 Å². The summed E-state index contributed by atoms with van der Waals surface area (Å²) in [4.78, 5) is 15.1.